The summed E-state index contributed by atoms with van der Waals surface area (Å²) in [5.41, 5.74) is 1.86. The highest BCUT2D eigenvalue weighted by Crippen LogP contribution is 2.27. The Labute approximate surface area is 150 Å². The van der Waals surface area contributed by atoms with Gasteiger partial charge >= 0.3 is 5.97 Å². The van der Waals surface area contributed by atoms with E-state index in [4.69, 9.17) is 4.74 Å². The summed E-state index contributed by atoms with van der Waals surface area (Å²) in [5.74, 6) is -0.984. The van der Waals surface area contributed by atoms with Gasteiger partial charge in [0.25, 0.3) is 5.69 Å². The number of hydrogen-bond donors (Lipinski definition) is 0. The van der Waals surface area contributed by atoms with Crippen molar-refractivity contribution in [1.82, 2.24) is 0 Å². The van der Waals surface area contributed by atoms with E-state index in [1.807, 2.05) is 24.3 Å². The molecule has 26 heavy (non-hydrogen) atoms. The summed E-state index contributed by atoms with van der Waals surface area (Å²) in [6, 6.07) is 13.0. The summed E-state index contributed by atoms with van der Waals surface area (Å²) >= 11 is 0. The highest BCUT2D eigenvalue weighted by Gasteiger charge is 2.36. The lowest BCUT2D eigenvalue weighted by Gasteiger charge is -2.17. The highest BCUT2D eigenvalue weighted by atomic mass is 16.6. The second-order valence-electron chi connectivity index (χ2n) is 6.10. The summed E-state index contributed by atoms with van der Waals surface area (Å²) in [5, 5.41) is 10.6. The number of amides is 1. The first kappa shape index (κ1) is 17.6. The van der Waals surface area contributed by atoms with Gasteiger partial charge in [0.05, 0.1) is 10.8 Å². The molecular weight excluding hydrogens is 336 g/mol. The first-order valence-electron chi connectivity index (χ1n) is 8.33. The van der Waals surface area contributed by atoms with E-state index in [0.717, 1.165) is 12.1 Å². The quantitative estimate of drug-likeness (QED) is 0.356. The number of nitro benzene ring substituents is 1. The number of esters is 1. The van der Waals surface area contributed by atoms with E-state index in [1.165, 1.54) is 29.8 Å². The Kier molecular flexibility index (Phi) is 4.97. The number of hydrogen-bond acceptors (Lipinski definition) is 5. The molecule has 1 atom stereocenters. The number of nitrogens with zero attached hydrogens (tertiary/aromatic N) is 2. The lowest BCUT2D eigenvalue weighted by atomic mass is 10.1. The lowest BCUT2D eigenvalue weighted by molar-refractivity contribution is -0.384. The van der Waals surface area contributed by atoms with Gasteiger partial charge in [0.2, 0.25) is 5.91 Å². The average molecular weight is 354 g/mol. The minimum absolute atomic E-state index is 0.0810. The van der Waals surface area contributed by atoms with Crippen LogP contribution in [0.4, 0.5) is 11.4 Å². The monoisotopic (exact) mass is 354 g/mol. The number of nitro groups is 1. The maximum absolute atomic E-state index is 12.3. The van der Waals surface area contributed by atoms with Crippen LogP contribution in [0.1, 0.15) is 18.9 Å². The molecule has 2 aromatic rings. The number of anilines is 1. The molecule has 7 nitrogen and oxygen atoms in total. The molecular formula is C19H18N2O5. The molecule has 1 aliphatic heterocycles. The van der Waals surface area contributed by atoms with E-state index < -0.39 is 16.8 Å². The predicted molar refractivity (Wildman–Crippen MR) is 95.0 cm³/mol. The zero-order valence-electron chi connectivity index (χ0n) is 14.3. The molecule has 0 saturated carbocycles. The second-order valence-corrected chi connectivity index (χ2v) is 6.10. The lowest BCUT2D eigenvalue weighted by Crippen LogP contribution is -2.27. The van der Waals surface area contributed by atoms with Crippen LogP contribution in [0.3, 0.4) is 0 Å². The van der Waals surface area contributed by atoms with Gasteiger partial charge in [0.15, 0.2) is 0 Å². The minimum Gasteiger partial charge on any atom is -0.426 e. The van der Waals surface area contributed by atoms with Crippen molar-refractivity contribution in [3.63, 3.8) is 0 Å². The van der Waals surface area contributed by atoms with E-state index >= 15 is 0 Å². The Balaban J connectivity index is 1.65. The van der Waals surface area contributed by atoms with Crippen molar-refractivity contribution in [2.45, 2.75) is 19.8 Å². The summed E-state index contributed by atoms with van der Waals surface area (Å²) in [6.45, 7) is 2.32. The molecule has 3 rings (SSSR count). The van der Waals surface area contributed by atoms with E-state index in [1.54, 1.807) is 4.90 Å². The molecule has 7 heteroatoms. The molecule has 1 amide bonds. The van der Waals surface area contributed by atoms with E-state index in [0.29, 0.717) is 0 Å². The average Bonchev–Trinajstić information content (AvgIpc) is 3.04. The maximum atomic E-state index is 12.3. The van der Waals surface area contributed by atoms with Crippen molar-refractivity contribution in [3.8, 4) is 5.75 Å². The Morgan fingerprint density at radius 3 is 2.42 bits per heavy atom. The second kappa shape index (κ2) is 7.35. The van der Waals surface area contributed by atoms with Crippen molar-refractivity contribution in [2.24, 2.45) is 5.92 Å². The van der Waals surface area contributed by atoms with Gasteiger partial charge in [-0.3, -0.25) is 19.7 Å². The molecule has 0 aromatic heterocycles. The number of rotatable bonds is 5. The maximum Gasteiger partial charge on any atom is 0.316 e. The molecule has 2 aromatic carbocycles. The van der Waals surface area contributed by atoms with Gasteiger partial charge in [-0.25, -0.2) is 0 Å². The fourth-order valence-electron chi connectivity index (χ4n) is 2.86. The zero-order chi connectivity index (χ0) is 18.7. The standard InChI is InChI=1S/C19H18N2O5/c1-2-13-3-5-15(6-4-13)20-12-14(11-18(20)22)19(23)26-17-9-7-16(8-10-17)21(24)25/h3-10,14H,2,11-12H2,1H3/t14-/m1/s1. The fraction of sp³-hybridized carbons (Fsp3) is 0.263. The van der Waals surface area contributed by atoms with Crippen LogP contribution in [-0.4, -0.2) is 23.3 Å². The summed E-state index contributed by atoms with van der Waals surface area (Å²) in [7, 11) is 0. The van der Waals surface area contributed by atoms with Crippen molar-refractivity contribution < 1.29 is 19.2 Å². The van der Waals surface area contributed by atoms with Gasteiger partial charge in [-0.2, -0.15) is 0 Å². The van der Waals surface area contributed by atoms with Gasteiger partial charge in [0.1, 0.15) is 5.75 Å². The Morgan fingerprint density at radius 2 is 1.85 bits per heavy atom. The van der Waals surface area contributed by atoms with Crippen molar-refractivity contribution in [3.05, 3.63) is 64.2 Å². The van der Waals surface area contributed by atoms with E-state index in [9.17, 15) is 19.7 Å². The molecule has 1 fully saturated rings. The van der Waals surface area contributed by atoms with E-state index in [-0.39, 0.29) is 30.3 Å². The highest BCUT2D eigenvalue weighted by molar-refractivity contribution is 5.99. The molecule has 0 radical (unpaired) electrons. The van der Waals surface area contributed by atoms with Crippen LogP contribution in [0.15, 0.2) is 48.5 Å². The van der Waals surface area contributed by atoms with Gasteiger partial charge in [-0.1, -0.05) is 19.1 Å². The topological polar surface area (TPSA) is 89.8 Å². The van der Waals surface area contributed by atoms with Crippen molar-refractivity contribution in [1.29, 1.82) is 0 Å². The van der Waals surface area contributed by atoms with Crippen LogP contribution in [-0.2, 0) is 16.0 Å². The Hall–Kier alpha value is -3.22. The first-order chi connectivity index (χ1) is 12.5. The van der Waals surface area contributed by atoms with Crippen molar-refractivity contribution in [2.75, 3.05) is 11.4 Å². The first-order valence-corrected chi connectivity index (χ1v) is 8.33. The minimum atomic E-state index is -0.566. The smallest absolute Gasteiger partial charge is 0.316 e. The molecule has 1 saturated heterocycles. The number of aryl methyl sites for hydroxylation is 1. The van der Waals surface area contributed by atoms with Crippen LogP contribution in [0.2, 0.25) is 0 Å². The number of carbonyl (C=O) groups excluding carboxylic acids is 2. The Morgan fingerprint density at radius 1 is 1.19 bits per heavy atom. The third-order valence-corrected chi connectivity index (χ3v) is 4.38. The van der Waals surface area contributed by atoms with E-state index in [2.05, 4.69) is 6.92 Å². The number of ether oxygens (including phenoxy) is 1. The summed E-state index contributed by atoms with van der Waals surface area (Å²) in [6.07, 6.45) is 1.000. The number of non-ortho nitro benzene ring substituents is 1. The van der Waals surface area contributed by atoms with Crippen LogP contribution in [0, 0.1) is 16.0 Å². The van der Waals surface area contributed by atoms with Gasteiger partial charge < -0.3 is 9.64 Å². The third kappa shape index (κ3) is 3.72. The zero-order valence-corrected chi connectivity index (χ0v) is 14.3. The number of carbonyl (C=O) groups is 2. The molecule has 0 bridgehead atoms. The third-order valence-electron chi connectivity index (χ3n) is 4.38. The van der Waals surface area contributed by atoms with Gasteiger partial charge in [-0.05, 0) is 36.2 Å². The number of benzene rings is 2. The summed E-state index contributed by atoms with van der Waals surface area (Å²) < 4.78 is 5.26. The van der Waals surface area contributed by atoms with Gasteiger partial charge in [-0.15, -0.1) is 0 Å². The largest absolute Gasteiger partial charge is 0.426 e. The van der Waals surface area contributed by atoms with Crippen LogP contribution < -0.4 is 9.64 Å². The molecule has 1 heterocycles. The fourth-order valence-corrected chi connectivity index (χ4v) is 2.86. The molecule has 0 N–H and O–H groups in total. The molecule has 1 aliphatic rings. The summed E-state index contributed by atoms with van der Waals surface area (Å²) in [4.78, 5) is 36.3. The van der Waals surface area contributed by atoms with Crippen molar-refractivity contribution >= 4 is 23.3 Å². The SMILES string of the molecule is CCc1ccc(N2C[C@H](C(=O)Oc3ccc([N+](=O)[O-])cc3)CC2=O)cc1. The van der Waals surface area contributed by atoms with Crippen LogP contribution in [0.25, 0.3) is 0 Å². The molecule has 0 spiro atoms. The van der Waals surface area contributed by atoms with Crippen LogP contribution >= 0.6 is 0 Å². The molecule has 0 aliphatic carbocycles. The van der Waals surface area contributed by atoms with Gasteiger partial charge in [0, 0.05) is 30.8 Å². The molecule has 0 unspecified atom stereocenters. The Bertz CT molecular complexity index is 830. The molecule has 134 valence electrons. The normalized spacial score (nSPS) is 16.6. The van der Waals surface area contributed by atoms with Crippen LogP contribution in [0.5, 0.6) is 5.75 Å². The predicted octanol–water partition coefficient (Wildman–Crippen LogP) is 3.12.